The van der Waals surface area contributed by atoms with E-state index in [1.54, 1.807) is 6.92 Å². The first-order valence-corrected chi connectivity index (χ1v) is 7.53. The van der Waals surface area contributed by atoms with E-state index in [0.717, 1.165) is 25.9 Å². The molecule has 1 aliphatic carbocycles. The van der Waals surface area contributed by atoms with E-state index in [4.69, 9.17) is 5.73 Å². The molecule has 2 heterocycles. The lowest BCUT2D eigenvalue weighted by molar-refractivity contribution is -0.148. The topological polar surface area (TPSA) is 78.6 Å². The van der Waals surface area contributed by atoms with Crippen molar-refractivity contribution in [1.82, 2.24) is 10.2 Å². The van der Waals surface area contributed by atoms with Gasteiger partial charge < -0.3 is 21.1 Å². The maximum absolute atomic E-state index is 12.5. The minimum Gasteiger partial charge on any atom is -0.391 e. The molecule has 4 N–H and O–H groups in total. The molecular weight excluding hydrogens is 242 g/mol. The van der Waals surface area contributed by atoms with Crippen molar-refractivity contribution in [3.05, 3.63) is 0 Å². The average Bonchev–Trinajstić information content (AvgIpc) is 3.04. The summed E-state index contributed by atoms with van der Waals surface area (Å²) in [4.78, 5) is 14.5. The number of nitrogens with two attached hydrogens (primary N) is 1. The van der Waals surface area contributed by atoms with E-state index in [0.29, 0.717) is 0 Å². The highest BCUT2D eigenvalue weighted by Crippen LogP contribution is 2.52. The van der Waals surface area contributed by atoms with Crippen LogP contribution in [0.25, 0.3) is 0 Å². The number of aliphatic hydroxyl groups excluding tert-OH is 1. The molecule has 0 aromatic heterocycles. The molecule has 5 heteroatoms. The van der Waals surface area contributed by atoms with Gasteiger partial charge in [-0.05, 0) is 32.6 Å². The third kappa shape index (κ3) is 1.68. The number of aliphatic hydroxyl groups is 1. The molecule has 0 aromatic carbocycles. The summed E-state index contributed by atoms with van der Waals surface area (Å²) < 4.78 is 0. The van der Waals surface area contributed by atoms with Crippen LogP contribution in [0, 0.1) is 0 Å². The number of carbonyl (C=O) groups is 1. The second kappa shape index (κ2) is 4.43. The molecule has 3 rings (SSSR count). The molecule has 3 unspecified atom stereocenters. The maximum atomic E-state index is 12.5. The highest BCUT2D eigenvalue weighted by Gasteiger charge is 2.65. The normalized spacial score (nSPS) is 35.6. The fourth-order valence-electron chi connectivity index (χ4n) is 4.43. The predicted octanol–water partition coefficient (Wildman–Crippen LogP) is -0.0283. The number of nitrogens with one attached hydrogen (secondary N) is 1. The summed E-state index contributed by atoms with van der Waals surface area (Å²) >= 11 is 0. The monoisotopic (exact) mass is 267 g/mol. The van der Waals surface area contributed by atoms with E-state index in [1.165, 1.54) is 25.7 Å². The highest BCUT2D eigenvalue weighted by molar-refractivity contribution is 5.84. The fraction of sp³-hybridized carbons (Fsp3) is 0.929. The molecule has 2 spiro atoms. The fourth-order valence-corrected chi connectivity index (χ4v) is 4.43. The number of fused-ring (bicyclic) bond motifs is 1. The van der Waals surface area contributed by atoms with Gasteiger partial charge >= 0.3 is 0 Å². The predicted molar refractivity (Wildman–Crippen MR) is 72.5 cm³/mol. The average molecular weight is 267 g/mol. The molecule has 3 fully saturated rings. The molecule has 2 aliphatic heterocycles. The number of hydrogen-bond acceptors (Lipinski definition) is 4. The number of hydrogen-bond donors (Lipinski definition) is 3. The SMILES string of the molecule is CC(O)C(N)C(=O)N1CCCC12CNC21CCCC1. The summed E-state index contributed by atoms with van der Waals surface area (Å²) in [5.74, 6) is -0.0692. The van der Waals surface area contributed by atoms with Gasteiger partial charge in [0.15, 0.2) is 0 Å². The van der Waals surface area contributed by atoms with Crippen LogP contribution in [0.15, 0.2) is 0 Å². The number of rotatable bonds is 2. The van der Waals surface area contributed by atoms with Crippen molar-refractivity contribution in [3.8, 4) is 0 Å². The Morgan fingerprint density at radius 1 is 1.32 bits per heavy atom. The van der Waals surface area contributed by atoms with Gasteiger partial charge in [0, 0.05) is 18.6 Å². The number of carbonyl (C=O) groups excluding carboxylic acids is 1. The van der Waals surface area contributed by atoms with Crippen molar-refractivity contribution >= 4 is 5.91 Å². The van der Waals surface area contributed by atoms with Crippen LogP contribution in [0.4, 0.5) is 0 Å². The quantitative estimate of drug-likeness (QED) is 0.656. The standard InChI is InChI=1S/C14H25N3O2/c1-10(18)11(15)12(19)17-8-4-7-14(17)9-16-13(14)5-2-3-6-13/h10-11,16,18H,2-9,15H2,1H3. The third-order valence-corrected chi connectivity index (χ3v) is 5.63. The van der Waals surface area contributed by atoms with Crippen LogP contribution < -0.4 is 11.1 Å². The molecule has 3 aliphatic rings. The van der Waals surface area contributed by atoms with Crippen molar-refractivity contribution < 1.29 is 9.90 Å². The molecule has 3 atom stereocenters. The Labute approximate surface area is 114 Å². The van der Waals surface area contributed by atoms with Gasteiger partial charge in [-0.3, -0.25) is 4.79 Å². The molecular formula is C14H25N3O2. The maximum Gasteiger partial charge on any atom is 0.242 e. The molecule has 5 nitrogen and oxygen atoms in total. The first-order chi connectivity index (χ1) is 9.02. The number of nitrogens with zero attached hydrogens (tertiary/aromatic N) is 1. The van der Waals surface area contributed by atoms with Crippen LogP contribution in [0.1, 0.15) is 45.4 Å². The van der Waals surface area contributed by atoms with Crippen LogP contribution >= 0.6 is 0 Å². The molecule has 0 radical (unpaired) electrons. The zero-order valence-electron chi connectivity index (χ0n) is 11.7. The van der Waals surface area contributed by atoms with Gasteiger partial charge in [-0.25, -0.2) is 0 Å². The Kier molecular flexibility index (Phi) is 3.11. The Balaban J connectivity index is 1.84. The summed E-state index contributed by atoms with van der Waals surface area (Å²) in [5, 5.41) is 13.2. The molecule has 0 aromatic rings. The Hall–Kier alpha value is -0.650. The minimum atomic E-state index is -0.783. The van der Waals surface area contributed by atoms with Gasteiger partial charge in [-0.15, -0.1) is 0 Å². The van der Waals surface area contributed by atoms with Crippen LogP contribution in [0.5, 0.6) is 0 Å². The molecule has 2 saturated heterocycles. The third-order valence-electron chi connectivity index (χ3n) is 5.63. The van der Waals surface area contributed by atoms with E-state index in [9.17, 15) is 9.90 Å². The first-order valence-electron chi connectivity index (χ1n) is 7.53. The van der Waals surface area contributed by atoms with Gasteiger partial charge in [-0.2, -0.15) is 0 Å². The Morgan fingerprint density at radius 3 is 2.53 bits per heavy atom. The van der Waals surface area contributed by atoms with Gasteiger partial charge in [-0.1, -0.05) is 12.8 Å². The summed E-state index contributed by atoms with van der Waals surface area (Å²) in [6.07, 6.45) is 6.19. The molecule has 1 amide bonds. The van der Waals surface area contributed by atoms with Crippen LogP contribution in [0.2, 0.25) is 0 Å². The summed E-state index contributed by atoms with van der Waals surface area (Å²) in [6.45, 7) is 3.28. The molecule has 108 valence electrons. The van der Waals surface area contributed by atoms with E-state index < -0.39 is 12.1 Å². The number of likely N-dealkylation sites (tertiary alicyclic amines) is 1. The minimum absolute atomic E-state index is 0.0207. The van der Waals surface area contributed by atoms with E-state index in [-0.39, 0.29) is 17.0 Å². The van der Waals surface area contributed by atoms with Crippen molar-refractivity contribution in [3.63, 3.8) is 0 Å². The molecule has 0 bridgehead atoms. The summed E-state index contributed by atoms with van der Waals surface area (Å²) in [6, 6.07) is -0.783. The van der Waals surface area contributed by atoms with Crippen molar-refractivity contribution in [1.29, 1.82) is 0 Å². The number of amides is 1. The first kappa shape index (κ1) is 13.3. The summed E-state index contributed by atoms with van der Waals surface area (Å²) in [5.41, 5.74) is 5.98. The van der Waals surface area contributed by atoms with Crippen molar-refractivity contribution in [2.75, 3.05) is 13.1 Å². The Morgan fingerprint density at radius 2 is 2.00 bits per heavy atom. The van der Waals surface area contributed by atoms with Crippen molar-refractivity contribution in [2.24, 2.45) is 5.73 Å². The van der Waals surface area contributed by atoms with E-state index >= 15 is 0 Å². The summed E-state index contributed by atoms with van der Waals surface area (Å²) in [7, 11) is 0. The lowest BCUT2D eigenvalue weighted by Crippen LogP contribution is -2.82. The van der Waals surface area contributed by atoms with Crippen LogP contribution in [-0.2, 0) is 4.79 Å². The van der Waals surface area contributed by atoms with Gasteiger partial charge in [0.25, 0.3) is 0 Å². The van der Waals surface area contributed by atoms with Gasteiger partial charge in [0.1, 0.15) is 6.04 Å². The smallest absolute Gasteiger partial charge is 0.242 e. The Bertz CT molecular complexity index is 379. The van der Waals surface area contributed by atoms with Gasteiger partial charge in [0.2, 0.25) is 5.91 Å². The van der Waals surface area contributed by atoms with Crippen LogP contribution in [0.3, 0.4) is 0 Å². The lowest BCUT2D eigenvalue weighted by Gasteiger charge is -2.61. The zero-order chi connectivity index (χ0) is 13.7. The van der Waals surface area contributed by atoms with Crippen molar-refractivity contribution in [2.45, 2.75) is 68.7 Å². The van der Waals surface area contributed by atoms with Crippen LogP contribution in [-0.4, -0.2) is 52.2 Å². The molecule has 1 saturated carbocycles. The lowest BCUT2D eigenvalue weighted by atomic mass is 9.66. The second-order valence-corrected chi connectivity index (χ2v) is 6.53. The van der Waals surface area contributed by atoms with Gasteiger partial charge in [0.05, 0.1) is 11.6 Å². The molecule has 19 heavy (non-hydrogen) atoms. The zero-order valence-corrected chi connectivity index (χ0v) is 11.7. The second-order valence-electron chi connectivity index (χ2n) is 6.53. The highest BCUT2D eigenvalue weighted by atomic mass is 16.3. The van der Waals surface area contributed by atoms with E-state index in [2.05, 4.69) is 5.32 Å². The largest absolute Gasteiger partial charge is 0.391 e. The van der Waals surface area contributed by atoms with E-state index in [1.807, 2.05) is 4.90 Å².